The van der Waals surface area contributed by atoms with E-state index in [1.165, 1.54) is 6.92 Å². The third kappa shape index (κ3) is 3.73. The Bertz CT molecular complexity index is 570. The van der Waals surface area contributed by atoms with Crippen LogP contribution in [0.4, 0.5) is 13.2 Å². The highest BCUT2D eigenvalue weighted by molar-refractivity contribution is 6.04. The highest BCUT2D eigenvalue weighted by atomic mass is 19.4. The van der Waals surface area contributed by atoms with Gasteiger partial charge in [-0.3, -0.25) is 0 Å². The fourth-order valence-electron chi connectivity index (χ4n) is 2.38. The SMILES string of the molecule is CC1=C(C(F)(F)F)N=C(c2ccc(C[C@H](C)CO)cc2)C1. The number of nitrogens with zero attached hydrogens (tertiary/aromatic N) is 1. The first-order chi connectivity index (χ1) is 9.81. The minimum absolute atomic E-state index is 0.118. The number of hydrogen-bond acceptors (Lipinski definition) is 2. The van der Waals surface area contributed by atoms with Crippen LogP contribution in [-0.4, -0.2) is 23.6 Å². The van der Waals surface area contributed by atoms with Crippen molar-refractivity contribution in [3.63, 3.8) is 0 Å². The van der Waals surface area contributed by atoms with Crippen LogP contribution in [0.25, 0.3) is 0 Å². The van der Waals surface area contributed by atoms with Gasteiger partial charge in [-0.1, -0.05) is 31.2 Å². The molecule has 0 unspecified atom stereocenters. The zero-order chi connectivity index (χ0) is 15.6. The van der Waals surface area contributed by atoms with Gasteiger partial charge in [-0.2, -0.15) is 13.2 Å². The van der Waals surface area contributed by atoms with Crippen LogP contribution in [-0.2, 0) is 6.42 Å². The van der Waals surface area contributed by atoms with Crippen LogP contribution in [0.3, 0.4) is 0 Å². The number of rotatable bonds is 4. The van der Waals surface area contributed by atoms with Crippen molar-refractivity contribution in [2.45, 2.75) is 32.9 Å². The van der Waals surface area contributed by atoms with E-state index in [9.17, 15) is 13.2 Å². The van der Waals surface area contributed by atoms with E-state index in [4.69, 9.17) is 5.11 Å². The molecule has 1 atom stereocenters. The Balaban J connectivity index is 2.15. The van der Waals surface area contributed by atoms with Gasteiger partial charge in [0.15, 0.2) is 0 Å². The lowest BCUT2D eigenvalue weighted by Crippen LogP contribution is -2.10. The molecule has 1 heterocycles. The largest absolute Gasteiger partial charge is 0.433 e. The summed E-state index contributed by atoms with van der Waals surface area (Å²) in [5, 5.41) is 9.03. The summed E-state index contributed by atoms with van der Waals surface area (Å²) in [5.41, 5.74) is 1.72. The third-order valence-electron chi connectivity index (χ3n) is 3.54. The van der Waals surface area contributed by atoms with Crippen molar-refractivity contribution < 1.29 is 18.3 Å². The standard InChI is InChI=1S/C16H18F3NO/c1-10(9-21)7-12-3-5-13(6-4-12)14-8-11(2)15(20-14)16(17,18)19/h3-6,10,21H,7-9H2,1-2H3/t10-/m0/s1. The fourth-order valence-corrected chi connectivity index (χ4v) is 2.38. The molecule has 0 saturated heterocycles. The minimum Gasteiger partial charge on any atom is -0.396 e. The van der Waals surface area contributed by atoms with Gasteiger partial charge in [-0.05, 0) is 36.0 Å². The molecule has 114 valence electrons. The van der Waals surface area contributed by atoms with Crippen molar-refractivity contribution in [1.29, 1.82) is 0 Å². The van der Waals surface area contributed by atoms with E-state index in [0.717, 1.165) is 12.0 Å². The topological polar surface area (TPSA) is 32.6 Å². The Hall–Kier alpha value is -1.62. The molecular weight excluding hydrogens is 279 g/mol. The van der Waals surface area contributed by atoms with E-state index >= 15 is 0 Å². The average molecular weight is 297 g/mol. The lowest BCUT2D eigenvalue weighted by molar-refractivity contribution is -0.0927. The molecule has 2 rings (SSSR count). The monoisotopic (exact) mass is 297 g/mol. The normalized spacial score (nSPS) is 17.1. The smallest absolute Gasteiger partial charge is 0.396 e. The zero-order valence-electron chi connectivity index (χ0n) is 12.0. The van der Waals surface area contributed by atoms with Gasteiger partial charge in [0, 0.05) is 13.0 Å². The quantitative estimate of drug-likeness (QED) is 0.898. The van der Waals surface area contributed by atoms with Gasteiger partial charge in [0.05, 0.1) is 5.71 Å². The predicted molar refractivity (Wildman–Crippen MR) is 76.3 cm³/mol. The Kier molecular flexibility index (Phi) is 4.52. The van der Waals surface area contributed by atoms with Crippen molar-refractivity contribution in [2.24, 2.45) is 10.9 Å². The van der Waals surface area contributed by atoms with Crippen LogP contribution in [0, 0.1) is 5.92 Å². The van der Waals surface area contributed by atoms with Crippen LogP contribution in [0.2, 0.25) is 0 Å². The molecule has 0 fully saturated rings. The molecule has 0 aliphatic carbocycles. The van der Waals surface area contributed by atoms with Crippen molar-refractivity contribution in [3.05, 3.63) is 46.7 Å². The Morgan fingerprint density at radius 1 is 1.24 bits per heavy atom. The summed E-state index contributed by atoms with van der Waals surface area (Å²) in [6, 6.07) is 7.35. The molecule has 2 nitrogen and oxygen atoms in total. The Morgan fingerprint density at radius 2 is 1.86 bits per heavy atom. The number of hydrogen-bond donors (Lipinski definition) is 1. The van der Waals surface area contributed by atoms with E-state index < -0.39 is 11.9 Å². The van der Waals surface area contributed by atoms with Crippen LogP contribution >= 0.6 is 0 Å². The maximum atomic E-state index is 12.8. The lowest BCUT2D eigenvalue weighted by Gasteiger charge is -2.08. The van der Waals surface area contributed by atoms with E-state index in [0.29, 0.717) is 11.3 Å². The fraction of sp³-hybridized carbons (Fsp3) is 0.438. The van der Waals surface area contributed by atoms with Gasteiger partial charge in [0.25, 0.3) is 0 Å². The summed E-state index contributed by atoms with van der Waals surface area (Å²) in [7, 11) is 0. The molecule has 21 heavy (non-hydrogen) atoms. The van der Waals surface area contributed by atoms with E-state index in [2.05, 4.69) is 4.99 Å². The van der Waals surface area contributed by atoms with Gasteiger partial charge in [0.1, 0.15) is 5.70 Å². The number of aliphatic imine (C=N–C) groups is 1. The van der Waals surface area contributed by atoms with Crippen LogP contribution < -0.4 is 0 Å². The van der Waals surface area contributed by atoms with Crippen LogP contribution in [0.5, 0.6) is 0 Å². The highest BCUT2D eigenvalue weighted by Gasteiger charge is 2.38. The number of aliphatic hydroxyl groups is 1. The molecule has 0 aromatic heterocycles. The molecule has 0 spiro atoms. The summed E-state index contributed by atoms with van der Waals surface area (Å²) >= 11 is 0. The maximum Gasteiger partial charge on any atom is 0.433 e. The second kappa shape index (κ2) is 6.02. The number of allylic oxidation sites excluding steroid dienone is 2. The van der Waals surface area contributed by atoms with Gasteiger partial charge >= 0.3 is 6.18 Å². The minimum atomic E-state index is -4.39. The summed E-state index contributed by atoms with van der Waals surface area (Å²) in [5.74, 6) is 0.167. The van der Waals surface area contributed by atoms with Gasteiger partial charge in [0.2, 0.25) is 0 Å². The number of aliphatic hydroxyl groups excluding tert-OH is 1. The second-order valence-electron chi connectivity index (χ2n) is 5.55. The summed E-state index contributed by atoms with van der Waals surface area (Å²) < 4.78 is 38.3. The van der Waals surface area contributed by atoms with Gasteiger partial charge < -0.3 is 5.11 Å². The summed E-state index contributed by atoms with van der Waals surface area (Å²) in [6.45, 7) is 3.53. The van der Waals surface area contributed by atoms with Crippen LogP contribution in [0.15, 0.2) is 40.5 Å². The highest BCUT2D eigenvalue weighted by Crippen LogP contribution is 2.35. The molecular formula is C16H18F3NO. The molecule has 5 heteroatoms. The van der Waals surface area contributed by atoms with Crippen molar-refractivity contribution >= 4 is 5.71 Å². The van der Waals surface area contributed by atoms with Crippen LogP contribution in [0.1, 0.15) is 31.4 Å². The Labute approximate surface area is 122 Å². The molecule has 1 N–H and O–H groups in total. The van der Waals surface area contributed by atoms with Gasteiger partial charge in [-0.25, -0.2) is 4.99 Å². The second-order valence-corrected chi connectivity index (χ2v) is 5.55. The van der Waals surface area contributed by atoms with Crippen molar-refractivity contribution in [1.82, 2.24) is 0 Å². The average Bonchev–Trinajstić information content (AvgIpc) is 2.81. The number of halogens is 3. The molecule has 0 radical (unpaired) electrons. The van der Waals surface area contributed by atoms with E-state index in [-0.39, 0.29) is 24.5 Å². The first-order valence-electron chi connectivity index (χ1n) is 6.86. The van der Waals surface area contributed by atoms with Gasteiger partial charge in [-0.15, -0.1) is 0 Å². The number of benzene rings is 1. The molecule has 1 aromatic carbocycles. The van der Waals surface area contributed by atoms with Crippen molar-refractivity contribution in [3.8, 4) is 0 Å². The molecule has 1 aromatic rings. The first-order valence-corrected chi connectivity index (χ1v) is 6.86. The molecule has 0 bridgehead atoms. The van der Waals surface area contributed by atoms with E-state index in [1.807, 2.05) is 19.1 Å². The first kappa shape index (κ1) is 15.8. The predicted octanol–water partition coefficient (Wildman–Crippen LogP) is 3.89. The Morgan fingerprint density at radius 3 is 2.33 bits per heavy atom. The number of alkyl halides is 3. The molecule has 0 saturated carbocycles. The molecule has 0 amide bonds. The molecule has 1 aliphatic rings. The molecule has 1 aliphatic heterocycles. The lowest BCUT2D eigenvalue weighted by atomic mass is 9.98. The summed E-state index contributed by atoms with van der Waals surface area (Å²) in [6.07, 6.45) is -3.40. The van der Waals surface area contributed by atoms with Crippen molar-refractivity contribution in [2.75, 3.05) is 6.61 Å². The van der Waals surface area contributed by atoms with E-state index in [1.54, 1.807) is 12.1 Å². The summed E-state index contributed by atoms with van der Waals surface area (Å²) in [4.78, 5) is 3.75. The zero-order valence-corrected chi connectivity index (χ0v) is 12.0. The third-order valence-corrected chi connectivity index (χ3v) is 3.54. The maximum absolute atomic E-state index is 12.8.